The summed E-state index contributed by atoms with van der Waals surface area (Å²) in [7, 11) is 0. The Labute approximate surface area is 140 Å². The van der Waals surface area contributed by atoms with Gasteiger partial charge in [0.2, 0.25) is 5.58 Å². The standard InChI is InChI=1S/C17H22ClN3O2/c1-10(2)22-16-13(18)4-3-12-15(16)23-20-17(12)19-14-9-21-7-5-11(14)6-8-21/h3-4,10-11,14H,5-9H2,1-2H3,(H,19,20). The largest absolute Gasteiger partial charge is 0.485 e. The number of halogens is 1. The molecule has 5 rings (SSSR count). The van der Waals surface area contributed by atoms with Crippen LogP contribution in [0.5, 0.6) is 5.75 Å². The van der Waals surface area contributed by atoms with Gasteiger partial charge in [0.1, 0.15) is 0 Å². The molecule has 1 aromatic carbocycles. The fourth-order valence-electron chi connectivity index (χ4n) is 3.71. The van der Waals surface area contributed by atoms with Crippen LogP contribution in [0.15, 0.2) is 16.7 Å². The van der Waals surface area contributed by atoms with Gasteiger partial charge in [0.05, 0.1) is 16.5 Å². The Morgan fingerprint density at radius 3 is 2.78 bits per heavy atom. The summed E-state index contributed by atoms with van der Waals surface area (Å²) in [5.41, 5.74) is 0.620. The van der Waals surface area contributed by atoms with E-state index in [0.717, 1.165) is 23.7 Å². The van der Waals surface area contributed by atoms with Gasteiger partial charge >= 0.3 is 0 Å². The number of anilines is 1. The zero-order chi connectivity index (χ0) is 16.0. The molecule has 1 atom stereocenters. The number of aromatic nitrogens is 1. The van der Waals surface area contributed by atoms with Crippen molar-refractivity contribution < 1.29 is 9.26 Å². The second-order valence-corrected chi connectivity index (χ2v) is 7.25. The topological polar surface area (TPSA) is 50.5 Å². The minimum absolute atomic E-state index is 0.0292. The highest BCUT2D eigenvalue weighted by Gasteiger charge is 2.34. The van der Waals surface area contributed by atoms with Crippen molar-refractivity contribution in [3.63, 3.8) is 0 Å². The second kappa shape index (κ2) is 5.87. The van der Waals surface area contributed by atoms with Gasteiger partial charge in [0, 0.05) is 12.6 Å². The molecular formula is C17H22ClN3O2. The lowest BCUT2D eigenvalue weighted by molar-refractivity contribution is 0.0973. The van der Waals surface area contributed by atoms with Crippen LogP contribution in [-0.4, -0.2) is 41.8 Å². The van der Waals surface area contributed by atoms with Gasteiger partial charge in [0.25, 0.3) is 0 Å². The number of hydrogen-bond acceptors (Lipinski definition) is 5. The van der Waals surface area contributed by atoms with Crippen molar-refractivity contribution in [3.05, 3.63) is 17.2 Å². The molecule has 23 heavy (non-hydrogen) atoms. The molecule has 3 fully saturated rings. The van der Waals surface area contributed by atoms with Crippen molar-refractivity contribution in [1.29, 1.82) is 0 Å². The van der Waals surface area contributed by atoms with E-state index in [1.807, 2.05) is 26.0 Å². The summed E-state index contributed by atoms with van der Waals surface area (Å²) in [6.07, 6.45) is 2.56. The number of nitrogens with one attached hydrogen (secondary N) is 1. The normalized spacial score (nSPS) is 26.9. The highest BCUT2D eigenvalue weighted by atomic mass is 35.5. The molecule has 0 aliphatic carbocycles. The third kappa shape index (κ3) is 2.76. The Morgan fingerprint density at radius 1 is 1.35 bits per heavy atom. The van der Waals surface area contributed by atoms with Crippen molar-refractivity contribution in [2.24, 2.45) is 5.92 Å². The predicted octanol–water partition coefficient (Wildman–Crippen LogP) is 3.77. The van der Waals surface area contributed by atoms with Gasteiger partial charge in [-0.3, -0.25) is 0 Å². The highest BCUT2D eigenvalue weighted by molar-refractivity contribution is 6.33. The third-order valence-electron chi connectivity index (χ3n) is 4.88. The van der Waals surface area contributed by atoms with E-state index in [4.69, 9.17) is 20.9 Å². The Hall–Kier alpha value is -1.46. The first-order valence-electron chi connectivity index (χ1n) is 8.35. The average molecular weight is 336 g/mol. The van der Waals surface area contributed by atoms with Crippen LogP contribution in [0.4, 0.5) is 5.82 Å². The minimum Gasteiger partial charge on any atom is -0.485 e. The first-order valence-corrected chi connectivity index (χ1v) is 8.73. The van der Waals surface area contributed by atoms with Gasteiger partial charge in [-0.25, -0.2) is 0 Å². The van der Waals surface area contributed by atoms with E-state index >= 15 is 0 Å². The van der Waals surface area contributed by atoms with Crippen molar-refractivity contribution in [2.75, 3.05) is 25.0 Å². The molecule has 2 bridgehead atoms. The minimum atomic E-state index is 0.0292. The number of nitrogens with zero attached hydrogens (tertiary/aromatic N) is 2. The van der Waals surface area contributed by atoms with Gasteiger partial charge in [-0.1, -0.05) is 16.8 Å². The molecule has 0 saturated carbocycles. The summed E-state index contributed by atoms with van der Waals surface area (Å²) in [5.74, 6) is 2.10. The number of piperidine rings is 3. The quantitative estimate of drug-likeness (QED) is 0.921. The summed E-state index contributed by atoms with van der Waals surface area (Å²) in [6.45, 7) is 7.48. The summed E-state index contributed by atoms with van der Waals surface area (Å²) in [6, 6.07) is 4.24. The fraction of sp³-hybridized carbons (Fsp3) is 0.588. The van der Waals surface area contributed by atoms with Crippen molar-refractivity contribution in [3.8, 4) is 5.75 Å². The van der Waals surface area contributed by atoms with E-state index < -0.39 is 0 Å². The molecule has 5 nitrogen and oxygen atoms in total. The average Bonchev–Trinajstić information content (AvgIpc) is 2.94. The smallest absolute Gasteiger partial charge is 0.212 e. The van der Waals surface area contributed by atoms with E-state index in [-0.39, 0.29) is 6.10 Å². The number of fused-ring (bicyclic) bond motifs is 4. The lowest BCUT2D eigenvalue weighted by Crippen LogP contribution is -2.53. The first kappa shape index (κ1) is 15.1. The molecule has 0 radical (unpaired) electrons. The molecule has 0 spiro atoms. The SMILES string of the molecule is CC(C)Oc1c(Cl)ccc2c(NC3CN4CCC3CC4)noc12. The molecule has 124 valence electrons. The van der Waals surface area contributed by atoms with E-state index in [1.165, 1.54) is 25.9 Å². The maximum absolute atomic E-state index is 6.26. The van der Waals surface area contributed by atoms with Gasteiger partial charge < -0.3 is 19.5 Å². The molecule has 2 aromatic rings. The molecule has 3 aliphatic rings. The van der Waals surface area contributed by atoms with Crippen molar-refractivity contribution in [2.45, 2.75) is 38.8 Å². The van der Waals surface area contributed by atoms with Crippen LogP contribution in [-0.2, 0) is 0 Å². The molecule has 1 N–H and O–H groups in total. The van der Waals surface area contributed by atoms with Gasteiger partial charge in [-0.05, 0) is 57.8 Å². The van der Waals surface area contributed by atoms with E-state index in [9.17, 15) is 0 Å². The molecule has 4 heterocycles. The van der Waals surface area contributed by atoms with Crippen LogP contribution in [0.25, 0.3) is 11.0 Å². The monoisotopic (exact) mass is 335 g/mol. The molecule has 1 unspecified atom stereocenters. The molecular weight excluding hydrogens is 314 g/mol. The van der Waals surface area contributed by atoms with Crippen LogP contribution < -0.4 is 10.1 Å². The Balaban J connectivity index is 1.63. The maximum Gasteiger partial charge on any atom is 0.212 e. The van der Waals surface area contributed by atoms with Crippen LogP contribution in [0.1, 0.15) is 26.7 Å². The van der Waals surface area contributed by atoms with E-state index in [1.54, 1.807) is 0 Å². The lowest BCUT2D eigenvalue weighted by Gasteiger charge is -2.44. The van der Waals surface area contributed by atoms with E-state index in [2.05, 4.69) is 15.4 Å². The van der Waals surface area contributed by atoms with Crippen LogP contribution in [0.3, 0.4) is 0 Å². The molecule has 6 heteroatoms. The number of rotatable bonds is 4. The van der Waals surface area contributed by atoms with Crippen LogP contribution >= 0.6 is 11.6 Å². The summed E-state index contributed by atoms with van der Waals surface area (Å²) in [4.78, 5) is 2.52. The predicted molar refractivity (Wildman–Crippen MR) is 91.4 cm³/mol. The number of ether oxygens (including phenoxy) is 1. The van der Waals surface area contributed by atoms with Gasteiger partial charge in [0.15, 0.2) is 11.6 Å². The molecule has 3 aliphatic heterocycles. The Kier molecular flexibility index (Phi) is 3.85. The maximum atomic E-state index is 6.26. The second-order valence-electron chi connectivity index (χ2n) is 6.84. The summed E-state index contributed by atoms with van der Waals surface area (Å²) in [5, 5.41) is 9.31. The zero-order valence-corrected chi connectivity index (χ0v) is 14.3. The van der Waals surface area contributed by atoms with Gasteiger partial charge in [-0.15, -0.1) is 0 Å². The zero-order valence-electron chi connectivity index (χ0n) is 13.5. The summed E-state index contributed by atoms with van der Waals surface area (Å²) < 4.78 is 11.4. The number of benzene rings is 1. The fourth-order valence-corrected chi connectivity index (χ4v) is 3.90. The highest BCUT2D eigenvalue weighted by Crippen LogP contribution is 2.38. The van der Waals surface area contributed by atoms with Gasteiger partial charge in [-0.2, -0.15) is 0 Å². The lowest BCUT2D eigenvalue weighted by atomic mass is 9.84. The van der Waals surface area contributed by atoms with Crippen LogP contribution in [0.2, 0.25) is 5.02 Å². The van der Waals surface area contributed by atoms with E-state index in [0.29, 0.717) is 22.4 Å². The Morgan fingerprint density at radius 2 is 2.13 bits per heavy atom. The summed E-state index contributed by atoms with van der Waals surface area (Å²) >= 11 is 6.26. The Bertz CT molecular complexity index is 707. The van der Waals surface area contributed by atoms with Crippen molar-refractivity contribution >= 4 is 28.4 Å². The van der Waals surface area contributed by atoms with Crippen molar-refractivity contribution in [1.82, 2.24) is 10.1 Å². The molecule has 1 aromatic heterocycles. The third-order valence-corrected chi connectivity index (χ3v) is 5.18. The first-order chi connectivity index (χ1) is 11.1. The van der Waals surface area contributed by atoms with Crippen LogP contribution in [0, 0.1) is 5.92 Å². The molecule has 0 amide bonds. The number of hydrogen-bond donors (Lipinski definition) is 1. The molecule has 3 saturated heterocycles.